The van der Waals surface area contributed by atoms with Crippen LogP contribution in [-0.4, -0.2) is 86.2 Å². The Morgan fingerprint density at radius 3 is 2.15 bits per heavy atom. The molecule has 0 bridgehead atoms. The van der Waals surface area contributed by atoms with Crippen LogP contribution in [0.1, 0.15) is 19.3 Å². The number of nitrogens with zero attached hydrogens (tertiary/aromatic N) is 11. The topological polar surface area (TPSA) is 123 Å². The summed E-state index contributed by atoms with van der Waals surface area (Å²) in [6.07, 6.45) is 16.7. The van der Waals surface area contributed by atoms with E-state index in [1.807, 2.05) is 102 Å². The number of aromatic nitrogens is 10. The molecular formula is C34H38ClN13. The summed E-state index contributed by atoms with van der Waals surface area (Å²) in [4.78, 5) is 15.4. The summed E-state index contributed by atoms with van der Waals surface area (Å²) >= 11 is 6.11. The molecule has 0 aliphatic carbocycles. The zero-order chi connectivity index (χ0) is 32.7. The molecule has 0 saturated carbocycles. The first-order chi connectivity index (χ1) is 23.6. The fourth-order valence-corrected chi connectivity index (χ4v) is 5.97. The number of halogens is 1. The molecule has 13 nitrogen and oxygen atoms in total. The molecule has 1 aliphatic heterocycles. The minimum absolute atomic E-state index is 0.711. The van der Waals surface area contributed by atoms with Crippen LogP contribution in [0.2, 0.25) is 5.02 Å². The van der Waals surface area contributed by atoms with Crippen LogP contribution in [0.25, 0.3) is 33.8 Å². The third kappa shape index (κ3) is 7.48. The zero-order valence-corrected chi connectivity index (χ0v) is 27.6. The molecule has 0 atom stereocenters. The van der Waals surface area contributed by atoms with Gasteiger partial charge in [-0.25, -0.2) is 24.0 Å². The van der Waals surface area contributed by atoms with E-state index < -0.39 is 0 Å². The van der Waals surface area contributed by atoms with E-state index in [1.165, 1.54) is 25.9 Å². The predicted molar refractivity (Wildman–Crippen MR) is 188 cm³/mol. The number of rotatable bonds is 11. The molecule has 246 valence electrons. The average molecular weight is 664 g/mol. The highest BCUT2D eigenvalue weighted by atomic mass is 35.5. The molecule has 0 amide bonds. The molecule has 7 heterocycles. The molecule has 1 fully saturated rings. The first kappa shape index (κ1) is 31.3. The summed E-state index contributed by atoms with van der Waals surface area (Å²) in [5, 5.41) is 21.0. The van der Waals surface area contributed by atoms with E-state index in [1.54, 1.807) is 10.9 Å². The van der Waals surface area contributed by atoms with Gasteiger partial charge in [0.25, 0.3) is 0 Å². The molecule has 0 spiro atoms. The predicted octanol–water partition coefficient (Wildman–Crippen LogP) is 5.39. The Bertz CT molecular complexity index is 2070. The van der Waals surface area contributed by atoms with E-state index in [0.29, 0.717) is 5.02 Å². The van der Waals surface area contributed by atoms with Gasteiger partial charge >= 0.3 is 0 Å². The first-order valence-electron chi connectivity index (χ1n) is 16.2. The molecular weight excluding hydrogens is 626 g/mol. The van der Waals surface area contributed by atoms with Crippen LogP contribution < -0.4 is 10.6 Å². The van der Waals surface area contributed by atoms with Gasteiger partial charge in [0.15, 0.2) is 11.3 Å². The molecule has 8 rings (SSSR count). The van der Waals surface area contributed by atoms with E-state index in [9.17, 15) is 0 Å². The minimum Gasteiger partial charge on any atom is -0.369 e. The molecule has 48 heavy (non-hydrogen) atoms. The van der Waals surface area contributed by atoms with Crippen LogP contribution in [-0.2, 0) is 13.6 Å². The maximum Gasteiger partial charge on any atom is 0.154 e. The highest BCUT2D eigenvalue weighted by molar-refractivity contribution is 6.30. The van der Waals surface area contributed by atoms with Crippen molar-refractivity contribution in [1.82, 2.24) is 53.4 Å². The molecule has 1 saturated heterocycles. The Labute approximate surface area is 283 Å². The fourth-order valence-electron chi connectivity index (χ4n) is 5.78. The Morgan fingerprint density at radius 1 is 0.792 bits per heavy atom. The van der Waals surface area contributed by atoms with Gasteiger partial charge in [0, 0.05) is 68.0 Å². The molecule has 0 unspecified atom stereocenters. The van der Waals surface area contributed by atoms with Crippen molar-refractivity contribution in [2.24, 2.45) is 7.05 Å². The van der Waals surface area contributed by atoms with E-state index in [4.69, 9.17) is 11.6 Å². The summed E-state index contributed by atoms with van der Waals surface area (Å²) in [7, 11) is 1.90. The smallest absolute Gasteiger partial charge is 0.154 e. The lowest BCUT2D eigenvalue weighted by atomic mass is 10.2. The van der Waals surface area contributed by atoms with Gasteiger partial charge in [-0.15, -0.1) is 10.2 Å². The van der Waals surface area contributed by atoms with Gasteiger partial charge in [0.05, 0.1) is 36.3 Å². The number of hydrogen-bond donors (Lipinski definition) is 2. The van der Waals surface area contributed by atoms with E-state index in [2.05, 4.69) is 50.3 Å². The third-order valence-electron chi connectivity index (χ3n) is 8.24. The third-order valence-corrected chi connectivity index (χ3v) is 8.47. The Kier molecular flexibility index (Phi) is 9.57. The van der Waals surface area contributed by atoms with Crippen molar-refractivity contribution in [3.63, 3.8) is 0 Å². The van der Waals surface area contributed by atoms with Crippen molar-refractivity contribution in [3.8, 4) is 22.5 Å². The number of hydrogen-bond acceptors (Lipinski definition) is 9. The molecule has 0 radical (unpaired) electrons. The molecule has 14 heteroatoms. The molecule has 1 aliphatic rings. The van der Waals surface area contributed by atoms with Gasteiger partial charge in [-0.3, -0.25) is 4.68 Å². The Hall–Kier alpha value is -5.27. The maximum absolute atomic E-state index is 6.11. The number of imidazole rings is 3. The molecule has 6 aromatic heterocycles. The largest absolute Gasteiger partial charge is 0.369 e. The van der Waals surface area contributed by atoms with Gasteiger partial charge in [-0.1, -0.05) is 23.7 Å². The van der Waals surface area contributed by atoms with Gasteiger partial charge in [-0.05, 0) is 68.8 Å². The van der Waals surface area contributed by atoms with Crippen molar-refractivity contribution >= 4 is 34.5 Å². The highest BCUT2D eigenvalue weighted by Gasteiger charge is 2.12. The fraction of sp³-hybridized carbons (Fsp3) is 0.294. The average Bonchev–Trinajstić information content (AvgIpc) is 3.95. The van der Waals surface area contributed by atoms with Crippen molar-refractivity contribution in [1.29, 1.82) is 0 Å². The molecule has 1 aromatic carbocycles. The zero-order valence-electron chi connectivity index (χ0n) is 26.8. The van der Waals surface area contributed by atoms with Crippen LogP contribution in [0.3, 0.4) is 0 Å². The summed E-state index contributed by atoms with van der Waals surface area (Å²) in [6, 6.07) is 15.6. The van der Waals surface area contributed by atoms with Crippen LogP contribution in [0.4, 0.5) is 11.6 Å². The molecule has 2 N–H and O–H groups in total. The lowest BCUT2D eigenvalue weighted by Gasteiger charge is -2.15. The number of nitrogens with one attached hydrogen (secondary N) is 2. The van der Waals surface area contributed by atoms with Crippen molar-refractivity contribution in [2.75, 3.05) is 43.4 Å². The summed E-state index contributed by atoms with van der Waals surface area (Å²) in [6.45, 7) is 6.17. The lowest BCUT2D eigenvalue weighted by molar-refractivity contribution is 0.352. The van der Waals surface area contributed by atoms with Crippen molar-refractivity contribution < 1.29 is 0 Å². The quantitative estimate of drug-likeness (QED) is 0.176. The van der Waals surface area contributed by atoms with Crippen molar-refractivity contribution in [3.05, 3.63) is 97.1 Å². The minimum atomic E-state index is 0.711. The number of aryl methyl sites for hydroxylation is 2. The summed E-state index contributed by atoms with van der Waals surface area (Å²) in [5.41, 5.74) is 5.52. The van der Waals surface area contributed by atoms with E-state index in [-0.39, 0.29) is 0 Å². The second-order valence-electron chi connectivity index (χ2n) is 11.7. The molecule has 7 aromatic rings. The van der Waals surface area contributed by atoms with Gasteiger partial charge in [0.2, 0.25) is 0 Å². The Balaban J connectivity index is 0.000000152. The summed E-state index contributed by atoms with van der Waals surface area (Å²) in [5.74, 6) is 1.69. The Morgan fingerprint density at radius 2 is 1.50 bits per heavy atom. The summed E-state index contributed by atoms with van der Waals surface area (Å²) < 4.78 is 7.54. The SMILES string of the molecule is Clc1cccc(-c2cnc3ccc(NCCN4CCCC4)nn23)c1.Cn1cc(-c2cnc3ccc(NCCCn4ccnc4)nn23)cn1. The maximum atomic E-state index is 6.11. The van der Waals surface area contributed by atoms with Gasteiger partial charge in [-0.2, -0.15) is 5.10 Å². The number of anilines is 2. The van der Waals surface area contributed by atoms with E-state index in [0.717, 1.165) is 78.0 Å². The number of fused-ring (bicyclic) bond motifs is 2. The standard InChI is InChI=1S/C18H20ClN5.C16H18N8/c19-15-5-3-4-14(12-15)16-13-21-18-7-6-17(22-24(16)18)20-8-11-23-9-1-2-10-23;1-22-11-13(9-20-22)14-10-19-16-4-3-15(21-24(14)16)18-5-2-7-23-8-6-17-12-23/h3-7,12-13H,1-2,8-11H2,(H,20,22);3-4,6,8-12H,2,5,7H2,1H3,(H,18,21). The first-order valence-corrected chi connectivity index (χ1v) is 16.6. The van der Waals surface area contributed by atoms with Crippen LogP contribution >= 0.6 is 11.6 Å². The van der Waals surface area contributed by atoms with Crippen LogP contribution in [0, 0.1) is 0 Å². The van der Waals surface area contributed by atoms with E-state index >= 15 is 0 Å². The number of benzene rings is 1. The highest BCUT2D eigenvalue weighted by Crippen LogP contribution is 2.24. The van der Waals surface area contributed by atoms with Gasteiger partial charge in [0.1, 0.15) is 11.6 Å². The van der Waals surface area contributed by atoms with Crippen molar-refractivity contribution in [2.45, 2.75) is 25.8 Å². The second kappa shape index (κ2) is 14.7. The van der Waals surface area contributed by atoms with Gasteiger partial charge < -0.3 is 20.1 Å². The lowest BCUT2D eigenvalue weighted by Crippen LogP contribution is -2.26. The second-order valence-corrected chi connectivity index (χ2v) is 12.2. The monoisotopic (exact) mass is 663 g/mol. The van der Waals surface area contributed by atoms with Crippen LogP contribution in [0.5, 0.6) is 0 Å². The van der Waals surface area contributed by atoms with Crippen LogP contribution in [0.15, 0.2) is 92.0 Å². The number of likely N-dealkylation sites (tertiary alicyclic amines) is 1. The normalized spacial score (nSPS) is 13.2.